The molecular formula is C15H19BrN2O3S. The summed E-state index contributed by atoms with van der Waals surface area (Å²) in [7, 11) is -4.33. The van der Waals surface area contributed by atoms with E-state index < -0.39 is 10.1 Å². The molecular weight excluding hydrogens is 368 g/mol. The minimum atomic E-state index is -4.33. The molecule has 7 heteroatoms. The van der Waals surface area contributed by atoms with Crippen molar-refractivity contribution in [1.29, 1.82) is 0 Å². The normalized spacial score (nSPS) is 10.8. The summed E-state index contributed by atoms with van der Waals surface area (Å²) in [6.07, 6.45) is 1.80. The highest BCUT2D eigenvalue weighted by Gasteiger charge is 2.09. The van der Waals surface area contributed by atoms with E-state index in [1.165, 1.54) is 0 Å². The van der Waals surface area contributed by atoms with Gasteiger partial charge in [0.05, 0.1) is 4.90 Å². The molecule has 0 amide bonds. The highest BCUT2D eigenvalue weighted by molar-refractivity contribution is 9.10. The van der Waals surface area contributed by atoms with E-state index in [2.05, 4.69) is 15.9 Å². The first-order valence-electron chi connectivity index (χ1n) is 6.49. The largest absolute Gasteiger partial charge is 0.744 e. The van der Waals surface area contributed by atoms with Crippen LogP contribution in [0.4, 0.5) is 0 Å². The first-order valence-corrected chi connectivity index (χ1v) is 8.69. The lowest BCUT2D eigenvalue weighted by molar-refractivity contribution is -0.645. The quantitative estimate of drug-likeness (QED) is 0.462. The summed E-state index contributed by atoms with van der Waals surface area (Å²) in [6, 6.07) is 7.24. The van der Waals surface area contributed by atoms with Gasteiger partial charge in [0, 0.05) is 23.5 Å². The van der Waals surface area contributed by atoms with Crippen LogP contribution in [0.3, 0.4) is 0 Å². The van der Waals surface area contributed by atoms with Crippen LogP contribution >= 0.6 is 15.9 Å². The van der Waals surface area contributed by atoms with Crippen molar-refractivity contribution in [1.82, 2.24) is 0 Å². The molecule has 0 aliphatic rings. The van der Waals surface area contributed by atoms with Crippen molar-refractivity contribution in [2.75, 3.05) is 5.84 Å². The van der Waals surface area contributed by atoms with Gasteiger partial charge in [-0.05, 0) is 31.9 Å². The standard InChI is InChI=1S/C9H12O3S.C6H8BrN2/c1-6-4-7(2)9(8(3)5-6)13(10,11)12;1-5-4-6(7)2-3-9(5)8/h4-5H,1-3H3,(H,10,11,12);2-4H,8H2,1H3/q;+1/p-1. The van der Waals surface area contributed by atoms with Gasteiger partial charge in [0.25, 0.3) is 0 Å². The monoisotopic (exact) mass is 386 g/mol. The average molecular weight is 387 g/mol. The number of aryl methyl sites for hydroxylation is 4. The Balaban J connectivity index is 0.000000235. The molecule has 22 heavy (non-hydrogen) atoms. The molecule has 0 atom stereocenters. The maximum absolute atomic E-state index is 10.8. The zero-order valence-corrected chi connectivity index (χ0v) is 15.3. The molecule has 0 aliphatic heterocycles. The fourth-order valence-electron chi connectivity index (χ4n) is 2.15. The maximum Gasteiger partial charge on any atom is 0.209 e. The van der Waals surface area contributed by atoms with Crippen LogP contribution in [-0.4, -0.2) is 13.0 Å². The van der Waals surface area contributed by atoms with E-state index >= 15 is 0 Å². The van der Waals surface area contributed by atoms with Gasteiger partial charge in [0.1, 0.15) is 10.1 Å². The Hall–Kier alpha value is -1.44. The third-order valence-electron chi connectivity index (χ3n) is 3.00. The molecule has 0 saturated heterocycles. The number of hydrogen-bond donors (Lipinski definition) is 1. The summed E-state index contributed by atoms with van der Waals surface area (Å²) in [4.78, 5) is -0.0851. The Morgan fingerprint density at radius 1 is 1.09 bits per heavy atom. The van der Waals surface area contributed by atoms with Crippen molar-refractivity contribution in [3.05, 3.63) is 57.3 Å². The van der Waals surface area contributed by atoms with Crippen LogP contribution in [0.5, 0.6) is 0 Å². The second-order valence-corrected chi connectivity index (χ2v) is 7.31. The van der Waals surface area contributed by atoms with E-state index in [9.17, 15) is 13.0 Å². The van der Waals surface area contributed by atoms with Gasteiger partial charge in [-0.2, -0.15) is 0 Å². The zero-order chi connectivity index (χ0) is 17.1. The van der Waals surface area contributed by atoms with Gasteiger partial charge >= 0.3 is 0 Å². The van der Waals surface area contributed by atoms with Crippen molar-refractivity contribution < 1.29 is 17.6 Å². The highest BCUT2D eigenvalue weighted by Crippen LogP contribution is 2.20. The maximum atomic E-state index is 10.8. The molecule has 0 spiro atoms. The van der Waals surface area contributed by atoms with Crippen LogP contribution in [0.1, 0.15) is 22.4 Å². The molecule has 1 heterocycles. The molecule has 2 N–H and O–H groups in total. The van der Waals surface area contributed by atoms with E-state index in [0.29, 0.717) is 11.1 Å². The molecule has 5 nitrogen and oxygen atoms in total. The number of nitrogens with zero attached hydrogens (tertiary/aromatic N) is 1. The van der Waals surface area contributed by atoms with Gasteiger partial charge in [-0.1, -0.05) is 38.3 Å². The highest BCUT2D eigenvalue weighted by atomic mass is 79.9. The minimum Gasteiger partial charge on any atom is -0.744 e. The third kappa shape index (κ3) is 5.08. The van der Waals surface area contributed by atoms with E-state index in [1.54, 1.807) is 36.9 Å². The van der Waals surface area contributed by atoms with Crippen molar-refractivity contribution in [3.63, 3.8) is 0 Å². The zero-order valence-electron chi connectivity index (χ0n) is 12.9. The predicted octanol–water partition coefficient (Wildman–Crippen LogP) is 2.27. The smallest absolute Gasteiger partial charge is 0.209 e. The second-order valence-electron chi connectivity index (χ2n) is 5.08. The SMILES string of the molecule is Cc1cc(Br)cc[n+]1N.Cc1cc(C)c(S(=O)(=O)[O-])c(C)c1. The van der Waals surface area contributed by atoms with Gasteiger partial charge < -0.3 is 4.55 Å². The van der Waals surface area contributed by atoms with Crippen molar-refractivity contribution in [3.8, 4) is 0 Å². The summed E-state index contributed by atoms with van der Waals surface area (Å²) in [5.41, 5.74) is 3.03. The van der Waals surface area contributed by atoms with E-state index in [0.717, 1.165) is 15.7 Å². The van der Waals surface area contributed by atoms with Gasteiger partial charge in [0.15, 0.2) is 0 Å². The number of nitrogen functional groups attached to an aromatic ring is 1. The van der Waals surface area contributed by atoms with Gasteiger partial charge in [-0.25, -0.2) is 14.3 Å². The van der Waals surface area contributed by atoms with Gasteiger partial charge in [-0.3, -0.25) is 0 Å². The lowest BCUT2D eigenvalue weighted by atomic mass is 10.1. The summed E-state index contributed by atoms with van der Waals surface area (Å²) < 4.78 is 35.1. The molecule has 1 aromatic heterocycles. The molecule has 0 saturated carbocycles. The Morgan fingerprint density at radius 2 is 1.59 bits per heavy atom. The van der Waals surface area contributed by atoms with Crippen LogP contribution < -0.4 is 10.5 Å². The molecule has 2 aromatic rings. The topological polar surface area (TPSA) is 87.1 Å². The Bertz CT molecular complexity index is 766. The van der Waals surface area contributed by atoms with Crippen LogP contribution in [0, 0.1) is 27.7 Å². The van der Waals surface area contributed by atoms with Crippen molar-refractivity contribution in [2.24, 2.45) is 0 Å². The van der Waals surface area contributed by atoms with Gasteiger partial charge in [0.2, 0.25) is 11.9 Å². The number of hydrogen-bond acceptors (Lipinski definition) is 4. The Morgan fingerprint density at radius 3 is 1.95 bits per heavy atom. The van der Waals surface area contributed by atoms with Crippen LogP contribution in [0.2, 0.25) is 0 Å². The van der Waals surface area contributed by atoms with Crippen LogP contribution in [0.25, 0.3) is 0 Å². The predicted molar refractivity (Wildman–Crippen MR) is 87.8 cm³/mol. The van der Waals surface area contributed by atoms with E-state index in [-0.39, 0.29) is 4.90 Å². The first-order chi connectivity index (χ1) is 10.0. The Kier molecular flexibility index (Phi) is 6.10. The summed E-state index contributed by atoms with van der Waals surface area (Å²) in [6.45, 7) is 7.07. The summed E-state index contributed by atoms with van der Waals surface area (Å²) in [5, 5.41) is 0. The van der Waals surface area contributed by atoms with Crippen LogP contribution in [-0.2, 0) is 10.1 Å². The van der Waals surface area contributed by atoms with Gasteiger partial charge in [-0.15, -0.1) is 0 Å². The molecule has 120 valence electrons. The lowest BCUT2D eigenvalue weighted by Gasteiger charge is -2.14. The van der Waals surface area contributed by atoms with Crippen LogP contribution in [0.15, 0.2) is 39.8 Å². The summed E-state index contributed by atoms with van der Waals surface area (Å²) in [5.74, 6) is 5.48. The third-order valence-corrected chi connectivity index (χ3v) is 4.64. The van der Waals surface area contributed by atoms with Crippen molar-refractivity contribution >= 4 is 26.0 Å². The van der Waals surface area contributed by atoms with E-state index in [4.69, 9.17) is 5.84 Å². The molecule has 0 aliphatic carbocycles. The number of pyridine rings is 1. The molecule has 0 radical (unpaired) electrons. The molecule has 0 fully saturated rings. The number of rotatable bonds is 1. The molecule has 0 bridgehead atoms. The minimum absolute atomic E-state index is 0.0851. The number of halogens is 1. The molecule has 1 aromatic carbocycles. The average Bonchev–Trinajstić information content (AvgIpc) is 2.31. The molecule has 2 rings (SSSR count). The fourth-order valence-corrected chi connectivity index (χ4v) is 3.51. The lowest BCUT2D eigenvalue weighted by Crippen LogP contribution is -2.46. The number of benzene rings is 1. The van der Waals surface area contributed by atoms with Crippen molar-refractivity contribution in [2.45, 2.75) is 32.6 Å². The summed E-state index contributed by atoms with van der Waals surface area (Å²) >= 11 is 3.33. The molecule has 0 unspecified atom stereocenters. The fraction of sp³-hybridized carbons (Fsp3) is 0.267. The second kappa shape index (κ2) is 7.21. The Labute approximate surface area is 139 Å². The first kappa shape index (κ1) is 18.6. The number of aromatic nitrogens is 1. The number of nitrogens with two attached hydrogens (primary N) is 1. The van der Waals surface area contributed by atoms with E-state index in [1.807, 2.05) is 26.0 Å².